The predicted octanol–water partition coefficient (Wildman–Crippen LogP) is 5.87. The van der Waals surface area contributed by atoms with Crippen molar-refractivity contribution in [3.8, 4) is 0 Å². The van der Waals surface area contributed by atoms with Gasteiger partial charge in [0.2, 0.25) is 0 Å². The Kier molecular flexibility index (Phi) is 5.07. The first-order valence-electron chi connectivity index (χ1n) is 11.4. The van der Waals surface area contributed by atoms with Gasteiger partial charge < -0.3 is 4.74 Å². The van der Waals surface area contributed by atoms with Gasteiger partial charge in [0.15, 0.2) is 0 Å². The van der Waals surface area contributed by atoms with Crippen LogP contribution in [0.5, 0.6) is 0 Å². The Bertz CT molecular complexity index is 887. The van der Waals surface area contributed by atoms with E-state index < -0.39 is 0 Å². The normalized spacial score (nSPS) is 30.5. The van der Waals surface area contributed by atoms with Crippen LogP contribution in [0.4, 0.5) is 0 Å². The minimum absolute atomic E-state index is 0.0191. The molecule has 2 heteroatoms. The molecule has 0 spiro atoms. The topological polar surface area (TPSA) is 26.3 Å². The van der Waals surface area contributed by atoms with Gasteiger partial charge in [-0.05, 0) is 78.5 Å². The highest BCUT2D eigenvalue weighted by atomic mass is 16.5. The molecule has 2 aromatic rings. The van der Waals surface area contributed by atoms with Crippen molar-refractivity contribution in [2.45, 2.75) is 64.4 Å². The number of aryl methyl sites for hydroxylation is 1. The molecule has 4 atom stereocenters. The number of fused-ring (bicyclic) bond motifs is 5. The Labute approximate surface area is 174 Å². The molecule has 0 radical (unpaired) electrons. The van der Waals surface area contributed by atoms with Crippen LogP contribution in [0.1, 0.15) is 67.2 Å². The lowest BCUT2D eigenvalue weighted by molar-refractivity contribution is -0.129. The van der Waals surface area contributed by atoms with E-state index in [2.05, 4.69) is 49.4 Å². The first-order valence-corrected chi connectivity index (χ1v) is 11.4. The number of carbonyl (C=O) groups excluding carboxylic acids is 1. The summed E-state index contributed by atoms with van der Waals surface area (Å²) >= 11 is 0. The number of Topliss-reactive ketones (excluding diaryl/α,β-unsaturated/α-hetero) is 1. The molecule has 0 aliphatic heterocycles. The highest BCUT2D eigenvalue weighted by Gasteiger charge is 2.54. The molecule has 3 aliphatic carbocycles. The fraction of sp³-hybridized carbons (Fsp3) is 0.519. The summed E-state index contributed by atoms with van der Waals surface area (Å²) in [6, 6.07) is 17.5. The molecule has 29 heavy (non-hydrogen) atoms. The quantitative estimate of drug-likeness (QED) is 0.599. The molecule has 5 rings (SSSR count). The van der Waals surface area contributed by atoms with E-state index in [1.165, 1.54) is 30.4 Å². The smallest absolute Gasteiger partial charge is 0.139 e. The number of carbonyl (C=O) groups is 1. The van der Waals surface area contributed by atoms with Gasteiger partial charge in [-0.2, -0.15) is 0 Å². The molecule has 0 N–H and O–H groups in total. The first kappa shape index (κ1) is 19.1. The van der Waals surface area contributed by atoms with E-state index in [-0.39, 0.29) is 5.41 Å². The zero-order valence-electron chi connectivity index (χ0n) is 17.5. The summed E-state index contributed by atoms with van der Waals surface area (Å²) in [6.45, 7) is 3.72. The van der Waals surface area contributed by atoms with Crippen molar-refractivity contribution in [1.29, 1.82) is 0 Å². The Morgan fingerprint density at radius 3 is 2.72 bits per heavy atom. The van der Waals surface area contributed by atoms with Crippen molar-refractivity contribution in [1.82, 2.24) is 0 Å². The zero-order chi connectivity index (χ0) is 19.8. The van der Waals surface area contributed by atoms with Crippen LogP contribution in [0.15, 0.2) is 48.5 Å². The molecule has 0 bridgehead atoms. The average Bonchev–Trinajstić information content (AvgIpc) is 3.06. The number of rotatable bonds is 5. The van der Waals surface area contributed by atoms with E-state index >= 15 is 0 Å². The summed E-state index contributed by atoms with van der Waals surface area (Å²) in [4.78, 5) is 12.5. The van der Waals surface area contributed by atoms with E-state index in [1.807, 2.05) is 6.07 Å². The number of ether oxygens (including phenoxy) is 1. The monoisotopic (exact) mass is 388 g/mol. The number of benzene rings is 2. The Balaban J connectivity index is 1.23. The minimum Gasteiger partial charge on any atom is -0.376 e. The van der Waals surface area contributed by atoms with Gasteiger partial charge in [-0.3, -0.25) is 4.79 Å². The Morgan fingerprint density at radius 2 is 1.86 bits per heavy atom. The first-order chi connectivity index (χ1) is 14.1. The second-order valence-electron chi connectivity index (χ2n) is 9.65. The van der Waals surface area contributed by atoms with E-state index in [1.54, 1.807) is 11.1 Å². The second kappa shape index (κ2) is 7.72. The third kappa shape index (κ3) is 3.46. The van der Waals surface area contributed by atoms with Gasteiger partial charge in [0, 0.05) is 11.8 Å². The van der Waals surface area contributed by atoms with E-state index in [0.29, 0.717) is 30.1 Å². The van der Waals surface area contributed by atoms with Gasteiger partial charge in [-0.15, -0.1) is 0 Å². The Morgan fingerprint density at radius 1 is 1.00 bits per heavy atom. The standard InChI is InChI=1S/C27H32O2/c1-27-15-13-23-22-9-7-19(14-16-29-18-20-5-3-2-4-6-20)17-21(22)8-10-24(23)25(27)11-12-26(27)28/h2-7,9,17,23-25H,8,10-16,18H2,1H3. The predicted molar refractivity (Wildman–Crippen MR) is 116 cm³/mol. The van der Waals surface area contributed by atoms with Crippen LogP contribution in [0.3, 0.4) is 0 Å². The molecular formula is C27H32O2. The van der Waals surface area contributed by atoms with Crippen molar-refractivity contribution >= 4 is 5.78 Å². The van der Waals surface area contributed by atoms with Gasteiger partial charge in [0.05, 0.1) is 13.2 Å². The van der Waals surface area contributed by atoms with Gasteiger partial charge in [-0.1, -0.05) is 55.5 Å². The summed E-state index contributed by atoms with van der Waals surface area (Å²) < 4.78 is 5.89. The molecule has 2 saturated carbocycles. The maximum Gasteiger partial charge on any atom is 0.139 e. The largest absolute Gasteiger partial charge is 0.376 e. The van der Waals surface area contributed by atoms with Crippen molar-refractivity contribution in [2.24, 2.45) is 17.3 Å². The zero-order valence-corrected chi connectivity index (χ0v) is 17.5. The average molecular weight is 389 g/mol. The molecule has 152 valence electrons. The van der Waals surface area contributed by atoms with E-state index in [4.69, 9.17) is 4.74 Å². The van der Waals surface area contributed by atoms with Crippen LogP contribution < -0.4 is 0 Å². The van der Waals surface area contributed by atoms with Gasteiger partial charge in [-0.25, -0.2) is 0 Å². The summed E-state index contributed by atoms with van der Waals surface area (Å²) in [5.41, 5.74) is 5.75. The van der Waals surface area contributed by atoms with Crippen molar-refractivity contribution in [3.63, 3.8) is 0 Å². The fourth-order valence-corrected chi connectivity index (χ4v) is 6.52. The number of ketones is 1. The molecular weight excluding hydrogens is 356 g/mol. The lowest BCUT2D eigenvalue weighted by atomic mass is 9.55. The molecule has 0 heterocycles. The third-order valence-electron chi connectivity index (χ3n) is 8.15. The Hall–Kier alpha value is -1.93. The van der Waals surface area contributed by atoms with Gasteiger partial charge >= 0.3 is 0 Å². The molecule has 0 saturated heterocycles. The van der Waals surface area contributed by atoms with Crippen molar-refractivity contribution in [3.05, 3.63) is 70.8 Å². The van der Waals surface area contributed by atoms with Crippen LogP contribution in [0.2, 0.25) is 0 Å². The van der Waals surface area contributed by atoms with E-state index in [9.17, 15) is 4.79 Å². The molecule has 0 amide bonds. The van der Waals surface area contributed by atoms with Crippen LogP contribution in [0.25, 0.3) is 0 Å². The molecule has 0 aromatic heterocycles. The summed E-state index contributed by atoms with van der Waals surface area (Å²) in [5, 5.41) is 0. The molecule has 2 aromatic carbocycles. The van der Waals surface area contributed by atoms with Crippen LogP contribution in [-0.4, -0.2) is 12.4 Å². The second-order valence-corrected chi connectivity index (χ2v) is 9.65. The molecule has 4 unspecified atom stereocenters. The van der Waals surface area contributed by atoms with Crippen LogP contribution >= 0.6 is 0 Å². The fourth-order valence-electron chi connectivity index (χ4n) is 6.52. The summed E-state index contributed by atoms with van der Waals surface area (Å²) in [5.74, 6) is 2.55. The number of hydrogen-bond acceptors (Lipinski definition) is 2. The highest BCUT2D eigenvalue weighted by molar-refractivity contribution is 5.87. The highest BCUT2D eigenvalue weighted by Crippen LogP contribution is 2.59. The van der Waals surface area contributed by atoms with Crippen LogP contribution in [-0.2, 0) is 29.0 Å². The van der Waals surface area contributed by atoms with Crippen LogP contribution in [0, 0.1) is 17.3 Å². The number of hydrogen-bond donors (Lipinski definition) is 0. The molecule has 2 nitrogen and oxygen atoms in total. The van der Waals surface area contributed by atoms with E-state index in [0.717, 1.165) is 32.3 Å². The minimum atomic E-state index is -0.0191. The maximum absolute atomic E-state index is 12.5. The van der Waals surface area contributed by atoms with Crippen molar-refractivity contribution < 1.29 is 9.53 Å². The van der Waals surface area contributed by atoms with Crippen molar-refractivity contribution in [2.75, 3.05) is 6.61 Å². The lowest BCUT2D eigenvalue weighted by Crippen LogP contribution is -2.42. The summed E-state index contributed by atoms with van der Waals surface area (Å²) in [7, 11) is 0. The van der Waals surface area contributed by atoms with Gasteiger partial charge in [0.1, 0.15) is 5.78 Å². The SMILES string of the molecule is CC12CCC3c4ccc(CCOCc5ccccc5)cc4CCC3C1CCC2=O. The molecule has 2 fully saturated rings. The maximum atomic E-state index is 12.5. The van der Waals surface area contributed by atoms with Gasteiger partial charge in [0.25, 0.3) is 0 Å². The summed E-state index contributed by atoms with van der Waals surface area (Å²) in [6.07, 6.45) is 7.64. The third-order valence-corrected chi connectivity index (χ3v) is 8.15. The lowest BCUT2D eigenvalue weighted by Gasteiger charge is -2.48. The molecule has 3 aliphatic rings.